The Hall–Kier alpha value is -1.88. The number of amides is 1. The van der Waals surface area contributed by atoms with E-state index in [1.807, 2.05) is 31.3 Å². The molecular weight excluding hydrogens is 230 g/mol. The third kappa shape index (κ3) is 1.67. The molecule has 0 aliphatic carbocycles. The molecule has 1 aromatic heterocycles. The summed E-state index contributed by atoms with van der Waals surface area (Å²) in [6, 6.07) is 7.68. The number of aliphatic hydroxyl groups is 1. The minimum Gasteiger partial charge on any atom is -0.391 e. The highest BCUT2D eigenvalue weighted by atomic mass is 16.3. The quantitative estimate of drug-likeness (QED) is 0.807. The number of nitrogens with zero attached hydrogens (tertiary/aromatic N) is 3. The van der Waals surface area contributed by atoms with Crippen molar-refractivity contribution in [2.75, 3.05) is 13.1 Å². The van der Waals surface area contributed by atoms with E-state index in [0.29, 0.717) is 25.2 Å². The van der Waals surface area contributed by atoms with Gasteiger partial charge in [0.2, 0.25) is 0 Å². The molecule has 2 aromatic rings. The van der Waals surface area contributed by atoms with Crippen molar-refractivity contribution in [1.29, 1.82) is 0 Å². The molecule has 0 saturated carbocycles. The number of para-hydroxylation sites is 1. The van der Waals surface area contributed by atoms with E-state index in [2.05, 4.69) is 5.10 Å². The molecule has 1 saturated heterocycles. The van der Waals surface area contributed by atoms with Crippen LogP contribution in [-0.2, 0) is 7.05 Å². The van der Waals surface area contributed by atoms with Crippen LogP contribution in [-0.4, -0.2) is 44.9 Å². The van der Waals surface area contributed by atoms with Crippen LogP contribution in [0.3, 0.4) is 0 Å². The minimum atomic E-state index is -0.399. The largest absolute Gasteiger partial charge is 0.391 e. The zero-order chi connectivity index (χ0) is 12.7. The number of hydrogen-bond donors (Lipinski definition) is 1. The van der Waals surface area contributed by atoms with E-state index in [1.54, 1.807) is 9.58 Å². The average Bonchev–Trinajstić information content (AvgIpc) is 2.94. The van der Waals surface area contributed by atoms with Crippen molar-refractivity contribution in [3.63, 3.8) is 0 Å². The molecule has 3 rings (SSSR count). The number of hydrogen-bond acceptors (Lipinski definition) is 3. The van der Waals surface area contributed by atoms with Crippen LogP contribution in [0.4, 0.5) is 0 Å². The topological polar surface area (TPSA) is 58.4 Å². The van der Waals surface area contributed by atoms with E-state index in [4.69, 9.17) is 0 Å². The van der Waals surface area contributed by atoms with E-state index in [0.717, 1.165) is 10.9 Å². The van der Waals surface area contributed by atoms with Gasteiger partial charge in [-0.25, -0.2) is 0 Å². The molecule has 1 atom stereocenters. The SMILES string of the molecule is Cn1nc(C(=O)N2CC[C@H](O)C2)c2ccccc21. The molecule has 1 aliphatic heterocycles. The van der Waals surface area contributed by atoms with Crippen molar-refractivity contribution in [1.82, 2.24) is 14.7 Å². The monoisotopic (exact) mass is 245 g/mol. The van der Waals surface area contributed by atoms with Crippen LogP contribution in [0.15, 0.2) is 24.3 Å². The number of fused-ring (bicyclic) bond motifs is 1. The first-order valence-corrected chi connectivity index (χ1v) is 6.06. The third-order valence-corrected chi connectivity index (χ3v) is 3.41. The van der Waals surface area contributed by atoms with Crippen molar-refractivity contribution >= 4 is 16.8 Å². The second kappa shape index (κ2) is 4.10. The molecule has 1 aromatic carbocycles. The first-order chi connectivity index (χ1) is 8.66. The fourth-order valence-electron chi connectivity index (χ4n) is 2.45. The zero-order valence-electron chi connectivity index (χ0n) is 10.2. The molecule has 18 heavy (non-hydrogen) atoms. The maximum absolute atomic E-state index is 12.4. The van der Waals surface area contributed by atoms with Crippen molar-refractivity contribution in [2.45, 2.75) is 12.5 Å². The lowest BCUT2D eigenvalue weighted by Gasteiger charge is -2.13. The minimum absolute atomic E-state index is 0.0941. The molecule has 1 N–H and O–H groups in total. The Morgan fingerprint density at radius 1 is 1.44 bits per heavy atom. The number of carbonyl (C=O) groups is 1. The molecule has 0 spiro atoms. The summed E-state index contributed by atoms with van der Waals surface area (Å²) in [6.07, 6.45) is 0.250. The smallest absolute Gasteiger partial charge is 0.275 e. The van der Waals surface area contributed by atoms with Crippen LogP contribution >= 0.6 is 0 Å². The molecule has 5 nitrogen and oxygen atoms in total. The highest BCUT2D eigenvalue weighted by Gasteiger charge is 2.28. The Morgan fingerprint density at radius 3 is 2.94 bits per heavy atom. The van der Waals surface area contributed by atoms with Gasteiger partial charge in [-0.05, 0) is 12.5 Å². The van der Waals surface area contributed by atoms with Crippen LogP contribution in [0.25, 0.3) is 10.9 Å². The van der Waals surface area contributed by atoms with Crippen molar-refractivity contribution in [3.05, 3.63) is 30.0 Å². The summed E-state index contributed by atoms with van der Waals surface area (Å²) in [5, 5.41) is 14.7. The second-order valence-corrected chi connectivity index (χ2v) is 4.68. The van der Waals surface area contributed by atoms with E-state index in [1.165, 1.54) is 0 Å². The zero-order valence-corrected chi connectivity index (χ0v) is 10.2. The average molecular weight is 245 g/mol. The van der Waals surface area contributed by atoms with Crippen molar-refractivity contribution < 1.29 is 9.90 Å². The Balaban J connectivity index is 2.02. The number of carbonyl (C=O) groups excluding carboxylic acids is 1. The highest BCUT2D eigenvalue weighted by molar-refractivity contribution is 6.04. The number of β-amino-alcohol motifs (C(OH)–C–C–N with tert-alkyl or cyclic N) is 1. The molecule has 1 aliphatic rings. The molecule has 5 heteroatoms. The van der Waals surface area contributed by atoms with Gasteiger partial charge in [0.25, 0.3) is 5.91 Å². The lowest BCUT2D eigenvalue weighted by Crippen LogP contribution is -2.30. The maximum Gasteiger partial charge on any atom is 0.275 e. The summed E-state index contributed by atoms with van der Waals surface area (Å²) >= 11 is 0. The number of rotatable bonds is 1. The van der Waals surface area contributed by atoms with Gasteiger partial charge in [-0.15, -0.1) is 0 Å². The Bertz CT molecular complexity index is 605. The standard InChI is InChI=1S/C13H15N3O2/c1-15-11-5-3-2-4-10(11)12(14-15)13(18)16-7-6-9(17)8-16/h2-5,9,17H,6-8H2,1H3/t9-/m0/s1. The van der Waals surface area contributed by atoms with Crippen molar-refractivity contribution in [3.8, 4) is 0 Å². The second-order valence-electron chi connectivity index (χ2n) is 4.68. The number of aliphatic hydroxyl groups excluding tert-OH is 1. The fraction of sp³-hybridized carbons (Fsp3) is 0.385. The van der Waals surface area contributed by atoms with Gasteiger partial charge in [0, 0.05) is 25.5 Å². The maximum atomic E-state index is 12.4. The van der Waals surface area contributed by atoms with E-state index >= 15 is 0 Å². The van der Waals surface area contributed by atoms with Gasteiger partial charge in [-0.2, -0.15) is 5.10 Å². The van der Waals surface area contributed by atoms with Crippen LogP contribution in [0.1, 0.15) is 16.9 Å². The number of likely N-dealkylation sites (tertiary alicyclic amines) is 1. The molecule has 1 fully saturated rings. The first-order valence-electron chi connectivity index (χ1n) is 6.06. The van der Waals surface area contributed by atoms with Crippen molar-refractivity contribution in [2.24, 2.45) is 7.05 Å². The highest BCUT2D eigenvalue weighted by Crippen LogP contribution is 2.20. The van der Waals surface area contributed by atoms with Gasteiger partial charge in [-0.3, -0.25) is 9.48 Å². The Kier molecular flexibility index (Phi) is 2.56. The summed E-state index contributed by atoms with van der Waals surface area (Å²) in [6.45, 7) is 1.01. The third-order valence-electron chi connectivity index (χ3n) is 3.41. The number of benzene rings is 1. The van der Waals surface area contributed by atoms with Gasteiger partial charge in [-0.1, -0.05) is 18.2 Å². The van der Waals surface area contributed by atoms with Gasteiger partial charge >= 0.3 is 0 Å². The lowest BCUT2D eigenvalue weighted by atomic mass is 10.2. The lowest BCUT2D eigenvalue weighted by molar-refractivity contribution is 0.0760. The Labute approximate surface area is 105 Å². The summed E-state index contributed by atoms with van der Waals surface area (Å²) < 4.78 is 1.72. The van der Waals surface area contributed by atoms with Crippen LogP contribution in [0.5, 0.6) is 0 Å². The van der Waals surface area contributed by atoms with Crippen LogP contribution in [0, 0.1) is 0 Å². The van der Waals surface area contributed by atoms with E-state index in [-0.39, 0.29) is 5.91 Å². The number of aromatic nitrogens is 2. The van der Waals surface area contributed by atoms with Crippen LogP contribution in [0.2, 0.25) is 0 Å². The van der Waals surface area contributed by atoms with Gasteiger partial charge < -0.3 is 10.0 Å². The van der Waals surface area contributed by atoms with E-state index < -0.39 is 6.10 Å². The van der Waals surface area contributed by atoms with Gasteiger partial charge in [0.15, 0.2) is 5.69 Å². The van der Waals surface area contributed by atoms with Gasteiger partial charge in [0.1, 0.15) is 0 Å². The van der Waals surface area contributed by atoms with Crippen LogP contribution < -0.4 is 0 Å². The molecule has 1 amide bonds. The summed E-state index contributed by atoms with van der Waals surface area (Å²) in [4.78, 5) is 14.0. The first kappa shape index (κ1) is 11.2. The summed E-state index contributed by atoms with van der Waals surface area (Å²) in [7, 11) is 1.83. The van der Waals surface area contributed by atoms with Gasteiger partial charge in [0.05, 0.1) is 11.6 Å². The fourth-order valence-corrected chi connectivity index (χ4v) is 2.45. The Morgan fingerprint density at radius 2 is 2.22 bits per heavy atom. The molecule has 0 radical (unpaired) electrons. The molecule has 94 valence electrons. The predicted molar refractivity (Wildman–Crippen MR) is 67.2 cm³/mol. The number of aryl methyl sites for hydroxylation is 1. The molecular formula is C13H15N3O2. The normalized spacial score (nSPS) is 19.7. The molecule has 2 heterocycles. The van der Waals surface area contributed by atoms with E-state index in [9.17, 15) is 9.90 Å². The predicted octanol–water partition coefficient (Wildman–Crippen LogP) is 0.780. The summed E-state index contributed by atoms with van der Waals surface area (Å²) in [5.41, 5.74) is 1.42. The molecule has 0 unspecified atom stereocenters. The molecule has 0 bridgehead atoms. The summed E-state index contributed by atoms with van der Waals surface area (Å²) in [5.74, 6) is -0.0941.